The molecule has 11 heavy (non-hydrogen) atoms. The minimum Gasteiger partial charge on any atom is -0.380 e. The molecule has 0 aromatic heterocycles. The van der Waals surface area contributed by atoms with E-state index in [0.29, 0.717) is 6.04 Å². The molecule has 2 nitrogen and oxygen atoms in total. The van der Waals surface area contributed by atoms with Crippen molar-refractivity contribution in [3.63, 3.8) is 0 Å². The first kappa shape index (κ1) is 10.5. The summed E-state index contributed by atoms with van der Waals surface area (Å²) in [6.45, 7) is 7.49. The van der Waals surface area contributed by atoms with E-state index in [4.69, 9.17) is 11.2 Å². The standard InChI is InChI=1S/C9H17NO/c1-5-8(3)10-9(4)7-11-6-2/h1,8-10H,6-7H2,2-4H3. The third-order valence-electron chi connectivity index (χ3n) is 1.36. The van der Waals surface area contributed by atoms with Crippen LogP contribution in [0.1, 0.15) is 20.8 Å². The monoisotopic (exact) mass is 155 g/mol. The van der Waals surface area contributed by atoms with Gasteiger partial charge in [0.1, 0.15) is 0 Å². The fourth-order valence-electron chi connectivity index (χ4n) is 0.818. The number of rotatable bonds is 5. The second-order valence-electron chi connectivity index (χ2n) is 2.62. The van der Waals surface area contributed by atoms with E-state index in [-0.39, 0.29) is 6.04 Å². The predicted molar refractivity (Wildman–Crippen MR) is 47.4 cm³/mol. The lowest BCUT2D eigenvalue weighted by Crippen LogP contribution is -2.36. The normalized spacial score (nSPS) is 15.5. The molecule has 0 aliphatic carbocycles. The summed E-state index contributed by atoms with van der Waals surface area (Å²) in [7, 11) is 0. The zero-order chi connectivity index (χ0) is 8.69. The zero-order valence-corrected chi connectivity index (χ0v) is 7.55. The van der Waals surface area contributed by atoms with Crippen LogP contribution >= 0.6 is 0 Å². The van der Waals surface area contributed by atoms with E-state index in [9.17, 15) is 0 Å². The molecular weight excluding hydrogens is 138 g/mol. The summed E-state index contributed by atoms with van der Waals surface area (Å²) in [5.74, 6) is 2.61. The van der Waals surface area contributed by atoms with Crippen molar-refractivity contribution in [1.82, 2.24) is 5.32 Å². The highest BCUT2D eigenvalue weighted by Crippen LogP contribution is 1.87. The van der Waals surface area contributed by atoms with Gasteiger partial charge < -0.3 is 4.74 Å². The van der Waals surface area contributed by atoms with Crippen LogP contribution in [0.5, 0.6) is 0 Å². The molecule has 2 heteroatoms. The fraction of sp³-hybridized carbons (Fsp3) is 0.778. The van der Waals surface area contributed by atoms with E-state index in [2.05, 4.69) is 18.2 Å². The summed E-state index contributed by atoms with van der Waals surface area (Å²) in [4.78, 5) is 0. The Morgan fingerprint density at radius 1 is 1.55 bits per heavy atom. The molecule has 0 radical (unpaired) electrons. The number of nitrogens with one attached hydrogen (secondary N) is 1. The first-order valence-corrected chi connectivity index (χ1v) is 4.00. The van der Waals surface area contributed by atoms with Gasteiger partial charge in [0.2, 0.25) is 0 Å². The maximum Gasteiger partial charge on any atom is 0.0661 e. The van der Waals surface area contributed by atoms with E-state index < -0.39 is 0 Å². The second kappa shape index (κ2) is 6.21. The van der Waals surface area contributed by atoms with Crippen molar-refractivity contribution in [2.75, 3.05) is 13.2 Å². The molecule has 0 aromatic carbocycles. The van der Waals surface area contributed by atoms with Crippen LogP contribution in [-0.4, -0.2) is 25.3 Å². The van der Waals surface area contributed by atoms with Gasteiger partial charge in [-0.15, -0.1) is 6.42 Å². The molecule has 64 valence electrons. The first-order valence-electron chi connectivity index (χ1n) is 4.00. The van der Waals surface area contributed by atoms with E-state index >= 15 is 0 Å². The Labute approximate surface area is 69.3 Å². The van der Waals surface area contributed by atoms with Crippen LogP contribution in [0, 0.1) is 12.3 Å². The van der Waals surface area contributed by atoms with Crippen molar-refractivity contribution >= 4 is 0 Å². The molecule has 0 heterocycles. The zero-order valence-electron chi connectivity index (χ0n) is 7.55. The van der Waals surface area contributed by atoms with Crippen LogP contribution in [-0.2, 0) is 4.74 Å². The van der Waals surface area contributed by atoms with Gasteiger partial charge in [0.25, 0.3) is 0 Å². The SMILES string of the molecule is C#CC(C)NC(C)COCC. The third-order valence-corrected chi connectivity index (χ3v) is 1.36. The number of ether oxygens (including phenoxy) is 1. The van der Waals surface area contributed by atoms with Gasteiger partial charge in [-0.3, -0.25) is 5.32 Å². The average molecular weight is 155 g/mol. The average Bonchev–Trinajstić information content (AvgIpc) is 2.00. The van der Waals surface area contributed by atoms with Crippen molar-refractivity contribution in [3.05, 3.63) is 0 Å². The van der Waals surface area contributed by atoms with Crippen molar-refractivity contribution in [2.24, 2.45) is 0 Å². The van der Waals surface area contributed by atoms with E-state index in [1.807, 2.05) is 13.8 Å². The smallest absolute Gasteiger partial charge is 0.0661 e. The van der Waals surface area contributed by atoms with Gasteiger partial charge in [-0.25, -0.2) is 0 Å². The predicted octanol–water partition coefficient (Wildman–Crippen LogP) is 1.02. The lowest BCUT2D eigenvalue weighted by Gasteiger charge is -2.15. The highest BCUT2D eigenvalue weighted by atomic mass is 16.5. The van der Waals surface area contributed by atoms with Gasteiger partial charge in [-0.1, -0.05) is 5.92 Å². The second-order valence-corrected chi connectivity index (χ2v) is 2.62. The Morgan fingerprint density at radius 2 is 2.18 bits per heavy atom. The van der Waals surface area contributed by atoms with Crippen molar-refractivity contribution in [2.45, 2.75) is 32.9 Å². The summed E-state index contributed by atoms with van der Waals surface area (Å²) >= 11 is 0. The van der Waals surface area contributed by atoms with Crippen LogP contribution < -0.4 is 5.32 Å². The summed E-state index contributed by atoms with van der Waals surface area (Å²) in [6, 6.07) is 0.464. The molecular formula is C9H17NO. The van der Waals surface area contributed by atoms with Crippen molar-refractivity contribution < 1.29 is 4.74 Å². The van der Waals surface area contributed by atoms with Gasteiger partial charge >= 0.3 is 0 Å². The molecule has 0 aromatic rings. The van der Waals surface area contributed by atoms with Crippen molar-refractivity contribution in [1.29, 1.82) is 0 Å². The van der Waals surface area contributed by atoms with Crippen LogP contribution in [0.3, 0.4) is 0 Å². The van der Waals surface area contributed by atoms with Gasteiger partial charge in [-0.2, -0.15) is 0 Å². The van der Waals surface area contributed by atoms with Crippen LogP contribution in [0.2, 0.25) is 0 Å². The quantitative estimate of drug-likeness (QED) is 0.599. The molecule has 0 saturated heterocycles. The molecule has 2 unspecified atom stereocenters. The topological polar surface area (TPSA) is 21.3 Å². The van der Waals surface area contributed by atoms with Crippen LogP contribution in [0.15, 0.2) is 0 Å². The molecule has 0 aliphatic rings. The molecule has 0 amide bonds. The Balaban J connectivity index is 3.37. The highest BCUT2D eigenvalue weighted by Gasteiger charge is 2.03. The summed E-state index contributed by atoms with van der Waals surface area (Å²) in [5, 5.41) is 3.20. The lowest BCUT2D eigenvalue weighted by atomic mass is 10.3. The molecule has 0 bridgehead atoms. The Bertz CT molecular complexity index is 128. The molecule has 1 N–H and O–H groups in total. The van der Waals surface area contributed by atoms with Crippen LogP contribution in [0.25, 0.3) is 0 Å². The highest BCUT2D eigenvalue weighted by molar-refractivity contribution is 4.96. The number of terminal acetylenes is 1. The minimum absolute atomic E-state index is 0.130. The third kappa shape index (κ3) is 5.90. The maximum absolute atomic E-state index is 5.21. The van der Waals surface area contributed by atoms with Crippen LogP contribution in [0.4, 0.5) is 0 Å². The van der Waals surface area contributed by atoms with E-state index in [0.717, 1.165) is 13.2 Å². The van der Waals surface area contributed by atoms with E-state index in [1.165, 1.54) is 0 Å². The molecule has 0 saturated carbocycles. The van der Waals surface area contributed by atoms with Gasteiger partial charge in [-0.05, 0) is 20.8 Å². The van der Waals surface area contributed by atoms with Crippen molar-refractivity contribution in [3.8, 4) is 12.3 Å². The molecule has 0 rings (SSSR count). The number of hydrogen-bond donors (Lipinski definition) is 1. The summed E-state index contributed by atoms with van der Waals surface area (Å²) < 4.78 is 5.21. The minimum atomic E-state index is 0.130. The van der Waals surface area contributed by atoms with Gasteiger partial charge in [0, 0.05) is 12.6 Å². The maximum atomic E-state index is 5.21. The molecule has 0 aliphatic heterocycles. The van der Waals surface area contributed by atoms with Gasteiger partial charge in [0.05, 0.1) is 12.6 Å². The molecule has 2 atom stereocenters. The molecule has 0 spiro atoms. The Kier molecular flexibility index (Phi) is 5.91. The summed E-state index contributed by atoms with van der Waals surface area (Å²) in [6.07, 6.45) is 5.20. The Hall–Kier alpha value is -0.520. The number of hydrogen-bond acceptors (Lipinski definition) is 2. The fourth-order valence-corrected chi connectivity index (χ4v) is 0.818. The molecule has 0 fully saturated rings. The summed E-state index contributed by atoms with van der Waals surface area (Å²) in [5.41, 5.74) is 0. The van der Waals surface area contributed by atoms with E-state index in [1.54, 1.807) is 0 Å². The van der Waals surface area contributed by atoms with Gasteiger partial charge in [0.15, 0.2) is 0 Å². The largest absolute Gasteiger partial charge is 0.380 e. The first-order chi connectivity index (χ1) is 5.20. The Morgan fingerprint density at radius 3 is 2.64 bits per heavy atom. The lowest BCUT2D eigenvalue weighted by molar-refractivity contribution is 0.126.